The third-order valence-corrected chi connectivity index (χ3v) is 3.49. The summed E-state index contributed by atoms with van der Waals surface area (Å²) in [7, 11) is 0. The summed E-state index contributed by atoms with van der Waals surface area (Å²) in [5.41, 5.74) is -1.63. The molecule has 1 aliphatic rings. The molecule has 0 aromatic heterocycles. The van der Waals surface area contributed by atoms with Crippen molar-refractivity contribution in [3.63, 3.8) is 0 Å². The topological polar surface area (TPSA) is 20.2 Å². The molecule has 94 valence electrons. The molecule has 0 heterocycles. The monoisotopic (exact) mass is 312 g/mol. The Labute approximate surface area is 104 Å². The van der Waals surface area contributed by atoms with Gasteiger partial charge in [-0.25, -0.2) is 4.39 Å². The highest BCUT2D eigenvalue weighted by molar-refractivity contribution is 9.10. The molecule has 6 heteroatoms. The Balaban J connectivity index is 2.50. The molecule has 1 aromatic rings. The Morgan fingerprint density at radius 2 is 1.88 bits per heavy atom. The van der Waals surface area contributed by atoms with Crippen molar-refractivity contribution in [2.75, 3.05) is 0 Å². The first-order chi connectivity index (χ1) is 7.82. The Hall–Kier alpha value is -0.620. The number of hydrogen-bond donors (Lipinski definition) is 1. The summed E-state index contributed by atoms with van der Waals surface area (Å²) in [5, 5.41) is 9.77. The molecular formula is C11H9BrF4O. The maximum Gasteiger partial charge on any atom is 0.419 e. The molecule has 0 bridgehead atoms. The van der Waals surface area contributed by atoms with Crippen molar-refractivity contribution in [3.05, 3.63) is 33.5 Å². The van der Waals surface area contributed by atoms with Gasteiger partial charge in [0.05, 0.1) is 11.7 Å². The van der Waals surface area contributed by atoms with Crippen molar-refractivity contribution in [2.24, 2.45) is 5.92 Å². The van der Waals surface area contributed by atoms with Crippen LogP contribution in [0.3, 0.4) is 0 Å². The molecule has 0 radical (unpaired) electrons. The normalized spacial score (nSPS) is 18.2. The molecule has 0 aliphatic heterocycles. The zero-order chi connectivity index (χ0) is 12.8. The van der Waals surface area contributed by atoms with Crippen LogP contribution in [0.15, 0.2) is 16.6 Å². The lowest BCUT2D eigenvalue weighted by atomic mass is 10.0. The summed E-state index contributed by atoms with van der Waals surface area (Å²) >= 11 is 2.98. The van der Waals surface area contributed by atoms with Gasteiger partial charge in [0, 0.05) is 10.0 Å². The Morgan fingerprint density at radius 3 is 2.35 bits per heavy atom. The quantitative estimate of drug-likeness (QED) is 0.817. The summed E-state index contributed by atoms with van der Waals surface area (Å²) in [6, 6.07) is 1.79. The SMILES string of the molecule is OC(c1c(Br)ccc(C(F)(F)F)c1F)C1CC1. The number of alkyl halides is 3. The van der Waals surface area contributed by atoms with Gasteiger partial charge in [0.2, 0.25) is 0 Å². The van der Waals surface area contributed by atoms with E-state index in [0.717, 1.165) is 6.07 Å². The fourth-order valence-electron chi connectivity index (χ4n) is 1.71. The molecule has 2 rings (SSSR count). The molecule has 0 saturated heterocycles. The van der Waals surface area contributed by atoms with E-state index in [2.05, 4.69) is 15.9 Å². The zero-order valence-corrected chi connectivity index (χ0v) is 10.1. The van der Waals surface area contributed by atoms with Crippen molar-refractivity contribution in [1.82, 2.24) is 0 Å². The summed E-state index contributed by atoms with van der Waals surface area (Å²) in [5.74, 6) is -1.52. The van der Waals surface area contributed by atoms with E-state index < -0.39 is 23.7 Å². The van der Waals surface area contributed by atoms with Crippen LogP contribution in [0.2, 0.25) is 0 Å². The standard InChI is InChI=1S/C11H9BrF4O/c12-7-4-3-6(11(14,15)16)9(13)8(7)10(17)5-1-2-5/h3-5,10,17H,1-2H2. The van der Waals surface area contributed by atoms with Gasteiger partial charge in [0.25, 0.3) is 0 Å². The highest BCUT2D eigenvalue weighted by Gasteiger charge is 2.39. The summed E-state index contributed by atoms with van der Waals surface area (Å²) in [6.45, 7) is 0. The zero-order valence-electron chi connectivity index (χ0n) is 8.56. The van der Waals surface area contributed by atoms with Crippen LogP contribution in [0.5, 0.6) is 0 Å². The third kappa shape index (κ3) is 2.47. The fraction of sp³-hybridized carbons (Fsp3) is 0.455. The van der Waals surface area contributed by atoms with Gasteiger partial charge in [-0.15, -0.1) is 0 Å². The lowest BCUT2D eigenvalue weighted by Crippen LogP contribution is -2.13. The first-order valence-electron chi connectivity index (χ1n) is 5.05. The maximum atomic E-state index is 13.8. The third-order valence-electron chi connectivity index (χ3n) is 2.80. The highest BCUT2D eigenvalue weighted by Crippen LogP contribution is 2.45. The van der Waals surface area contributed by atoms with E-state index in [4.69, 9.17) is 0 Å². The average Bonchev–Trinajstić information content (AvgIpc) is 2.97. The molecule has 1 saturated carbocycles. The van der Waals surface area contributed by atoms with Gasteiger partial charge in [-0.05, 0) is 30.9 Å². The average molecular weight is 313 g/mol. The molecule has 1 aromatic carbocycles. The number of rotatable bonds is 2. The minimum Gasteiger partial charge on any atom is -0.388 e. The molecule has 0 spiro atoms. The van der Waals surface area contributed by atoms with Crippen LogP contribution >= 0.6 is 15.9 Å². The molecule has 1 N–H and O–H groups in total. The van der Waals surface area contributed by atoms with E-state index in [1.807, 2.05) is 0 Å². The van der Waals surface area contributed by atoms with Crippen LogP contribution in [0, 0.1) is 11.7 Å². The molecule has 1 atom stereocenters. The van der Waals surface area contributed by atoms with Crippen LogP contribution in [0.4, 0.5) is 17.6 Å². The number of aliphatic hydroxyl groups is 1. The van der Waals surface area contributed by atoms with Crippen LogP contribution in [-0.4, -0.2) is 5.11 Å². The van der Waals surface area contributed by atoms with E-state index in [9.17, 15) is 22.7 Å². The largest absolute Gasteiger partial charge is 0.419 e. The van der Waals surface area contributed by atoms with E-state index >= 15 is 0 Å². The lowest BCUT2D eigenvalue weighted by molar-refractivity contribution is -0.140. The minimum absolute atomic E-state index is 0.135. The predicted octanol–water partition coefficient (Wildman–Crippen LogP) is 4.05. The highest BCUT2D eigenvalue weighted by atomic mass is 79.9. The Bertz CT molecular complexity index is 440. The van der Waals surface area contributed by atoms with Gasteiger partial charge in [-0.2, -0.15) is 13.2 Å². The smallest absolute Gasteiger partial charge is 0.388 e. The van der Waals surface area contributed by atoms with Crippen LogP contribution in [0.25, 0.3) is 0 Å². The Morgan fingerprint density at radius 1 is 1.29 bits per heavy atom. The van der Waals surface area contributed by atoms with Gasteiger partial charge in [0.15, 0.2) is 0 Å². The van der Waals surface area contributed by atoms with Gasteiger partial charge in [-0.3, -0.25) is 0 Å². The van der Waals surface area contributed by atoms with Crippen molar-refractivity contribution in [3.8, 4) is 0 Å². The van der Waals surface area contributed by atoms with Crippen molar-refractivity contribution in [1.29, 1.82) is 0 Å². The molecule has 0 amide bonds. The molecule has 1 aliphatic carbocycles. The van der Waals surface area contributed by atoms with Crippen LogP contribution in [-0.2, 0) is 6.18 Å². The lowest BCUT2D eigenvalue weighted by Gasteiger charge is -2.16. The summed E-state index contributed by atoms with van der Waals surface area (Å²) < 4.78 is 51.4. The second-order valence-electron chi connectivity index (χ2n) is 4.10. The van der Waals surface area contributed by atoms with E-state index in [1.54, 1.807) is 0 Å². The first kappa shape index (κ1) is 12.8. The van der Waals surface area contributed by atoms with Gasteiger partial charge < -0.3 is 5.11 Å². The number of benzene rings is 1. The fourth-order valence-corrected chi connectivity index (χ4v) is 2.25. The van der Waals surface area contributed by atoms with E-state index in [1.165, 1.54) is 0 Å². The minimum atomic E-state index is -4.75. The maximum absolute atomic E-state index is 13.8. The molecule has 1 unspecified atom stereocenters. The van der Waals surface area contributed by atoms with Gasteiger partial charge in [0.1, 0.15) is 5.82 Å². The molecule has 1 fully saturated rings. The van der Waals surface area contributed by atoms with E-state index in [0.29, 0.717) is 18.9 Å². The first-order valence-corrected chi connectivity index (χ1v) is 5.85. The number of aliphatic hydroxyl groups excluding tert-OH is 1. The van der Waals surface area contributed by atoms with Crippen molar-refractivity contribution >= 4 is 15.9 Å². The number of hydrogen-bond acceptors (Lipinski definition) is 1. The summed E-state index contributed by atoms with van der Waals surface area (Å²) in [4.78, 5) is 0. The van der Waals surface area contributed by atoms with Crippen molar-refractivity contribution in [2.45, 2.75) is 25.1 Å². The molecule has 1 nitrogen and oxygen atoms in total. The number of halogens is 5. The predicted molar refractivity (Wildman–Crippen MR) is 56.8 cm³/mol. The molecule has 17 heavy (non-hydrogen) atoms. The summed E-state index contributed by atoms with van der Waals surface area (Å²) in [6.07, 6.45) is -4.50. The Kier molecular flexibility index (Phi) is 3.20. The second kappa shape index (κ2) is 4.24. The van der Waals surface area contributed by atoms with E-state index in [-0.39, 0.29) is 16.0 Å². The van der Waals surface area contributed by atoms with Crippen LogP contribution in [0.1, 0.15) is 30.1 Å². The van der Waals surface area contributed by atoms with Gasteiger partial charge in [-0.1, -0.05) is 15.9 Å². The van der Waals surface area contributed by atoms with Gasteiger partial charge >= 0.3 is 6.18 Å². The van der Waals surface area contributed by atoms with Crippen molar-refractivity contribution < 1.29 is 22.7 Å². The van der Waals surface area contributed by atoms with Crippen LogP contribution < -0.4 is 0 Å². The second-order valence-corrected chi connectivity index (χ2v) is 4.96. The molecular weight excluding hydrogens is 304 g/mol.